The average Bonchev–Trinajstić information content (AvgIpc) is 2.73. The molecule has 5 nitrogen and oxygen atoms in total. The molecule has 0 unspecified atom stereocenters. The van der Waals surface area contributed by atoms with Crippen LogP contribution in [0.5, 0.6) is 0 Å². The minimum absolute atomic E-state index is 0.214. The molecule has 2 heterocycles. The van der Waals surface area contributed by atoms with E-state index >= 15 is 0 Å². The Balaban J connectivity index is 1.97. The molecule has 0 saturated heterocycles. The number of nitriles is 1. The molecule has 130 valence electrons. The van der Waals surface area contributed by atoms with Crippen LogP contribution < -0.4 is 5.32 Å². The summed E-state index contributed by atoms with van der Waals surface area (Å²) in [7, 11) is 1.72. The molecule has 0 aliphatic carbocycles. The number of hydrogen-bond donors (Lipinski definition) is 1. The maximum atomic E-state index is 15.0. The number of nitrogens with one attached hydrogen (secondary N) is 1. The first-order chi connectivity index (χ1) is 13.2. The summed E-state index contributed by atoms with van der Waals surface area (Å²) in [6, 6.07) is 16.0. The third-order valence-electron chi connectivity index (χ3n) is 4.27. The normalized spacial score (nSPS) is 10.6. The monoisotopic (exact) mass is 355 g/mol. The zero-order valence-corrected chi connectivity index (χ0v) is 14.4. The molecule has 4 rings (SSSR count). The Morgan fingerprint density at radius 1 is 1.04 bits per heavy atom. The van der Waals surface area contributed by atoms with E-state index in [1.54, 1.807) is 49.8 Å². The second kappa shape index (κ2) is 6.81. The van der Waals surface area contributed by atoms with E-state index in [1.165, 1.54) is 6.07 Å². The molecule has 2 aromatic heterocycles. The van der Waals surface area contributed by atoms with Crippen LogP contribution in [0.25, 0.3) is 33.4 Å². The fraction of sp³-hybridized carbons (Fsp3) is 0.0476. The van der Waals surface area contributed by atoms with E-state index in [2.05, 4.69) is 26.3 Å². The van der Waals surface area contributed by atoms with Crippen molar-refractivity contribution in [2.24, 2.45) is 0 Å². The van der Waals surface area contributed by atoms with Crippen molar-refractivity contribution in [3.8, 4) is 28.6 Å². The summed E-state index contributed by atoms with van der Waals surface area (Å²) in [6.45, 7) is 0. The summed E-state index contributed by atoms with van der Waals surface area (Å²) in [5, 5.41) is 12.9. The molecule has 0 amide bonds. The van der Waals surface area contributed by atoms with Gasteiger partial charge in [0, 0.05) is 30.4 Å². The Morgan fingerprint density at radius 3 is 2.63 bits per heavy atom. The van der Waals surface area contributed by atoms with Crippen molar-refractivity contribution in [3.63, 3.8) is 0 Å². The number of hydrogen-bond acceptors (Lipinski definition) is 5. The Labute approximate surface area is 155 Å². The first-order valence-electron chi connectivity index (χ1n) is 8.30. The van der Waals surface area contributed by atoms with Gasteiger partial charge in [-0.3, -0.25) is 4.98 Å². The topological polar surface area (TPSA) is 74.5 Å². The van der Waals surface area contributed by atoms with Crippen molar-refractivity contribution in [1.29, 1.82) is 5.26 Å². The van der Waals surface area contributed by atoms with Gasteiger partial charge in [0.15, 0.2) is 5.82 Å². The van der Waals surface area contributed by atoms with Gasteiger partial charge in [0.05, 0.1) is 11.6 Å². The summed E-state index contributed by atoms with van der Waals surface area (Å²) in [5.74, 6) is 0.428. The molecule has 27 heavy (non-hydrogen) atoms. The second-order valence-corrected chi connectivity index (χ2v) is 5.90. The molecule has 0 spiro atoms. The molecule has 0 aliphatic heterocycles. The van der Waals surface area contributed by atoms with Gasteiger partial charge in [0.1, 0.15) is 17.2 Å². The lowest BCUT2D eigenvalue weighted by atomic mass is 9.98. The lowest BCUT2D eigenvalue weighted by molar-refractivity contribution is 0.637. The van der Waals surface area contributed by atoms with Crippen LogP contribution in [0.4, 0.5) is 10.2 Å². The Hall–Kier alpha value is -3.85. The largest absolute Gasteiger partial charge is 0.373 e. The molecule has 0 bridgehead atoms. The number of benzene rings is 2. The quantitative estimate of drug-likeness (QED) is 0.589. The van der Waals surface area contributed by atoms with Crippen molar-refractivity contribution < 1.29 is 4.39 Å². The fourth-order valence-electron chi connectivity index (χ4n) is 2.99. The van der Waals surface area contributed by atoms with Crippen molar-refractivity contribution in [2.45, 2.75) is 0 Å². The highest BCUT2D eigenvalue weighted by Crippen LogP contribution is 2.32. The Morgan fingerprint density at radius 2 is 1.89 bits per heavy atom. The standard InChI is InChI=1S/C21H14FN5/c1-24-21-17-9-15(16-7-3-2-5-13(16)11-23)10-18(22)19(17)26-20(27-21)14-6-4-8-25-12-14/h2-10,12H,1H3,(H,24,26,27). The second-order valence-electron chi connectivity index (χ2n) is 5.90. The maximum Gasteiger partial charge on any atom is 0.163 e. The number of anilines is 1. The molecule has 0 radical (unpaired) electrons. The minimum atomic E-state index is -0.473. The average molecular weight is 355 g/mol. The smallest absolute Gasteiger partial charge is 0.163 e. The van der Waals surface area contributed by atoms with Crippen molar-refractivity contribution in [2.75, 3.05) is 12.4 Å². The zero-order chi connectivity index (χ0) is 18.8. The summed E-state index contributed by atoms with van der Waals surface area (Å²) in [6.07, 6.45) is 3.29. The van der Waals surface area contributed by atoms with E-state index in [1.807, 2.05) is 12.1 Å². The molecule has 6 heteroatoms. The van der Waals surface area contributed by atoms with Gasteiger partial charge in [-0.1, -0.05) is 18.2 Å². The van der Waals surface area contributed by atoms with Gasteiger partial charge in [-0.2, -0.15) is 5.26 Å². The van der Waals surface area contributed by atoms with Gasteiger partial charge < -0.3 is 5.32 Å². The highest BCUT2D eigenvalue weighted by Gasteiger charge is 2.15. The number of nitrogens with zero attached hydrogens (tertiary/aromatic N) is 4. The van der Waals surface area contributed by atoms with E-state index in [4.69, 9.17) is 0 Å². The molecule has 2 aromatic carbocycles. The first-order valence-corrected chi connectivity index (χ1v) is 8.30. The number of pyridine rings is 1. The van der Waals surface area contributed by atoms with Crippen LogP contribution in [0.2, 0.25) is 0 Å². The van der Waals surface area contributed by atoms with E-state index in [0.717, 1.165) is 0 Å². The number of rotatable bonds is 3. The predicted octanol–water partition coefficient (Wildman–Crippen LogP) is 4.41. The molecule has 0 saturated carbocycles. The van der Waals surface area contributed by atoms with Crippen molar-refractivity contribution >= 4 is 16.7 Å². The van der Waals surface area contributed by atoms with E-state index in [9.17, 15) is 9.65 Å². The predicted molar refractivity (Wildman–Crippen MR) is 102 cm³/mol. The number of aromatic nitrogens is 3. The van der Waals surface area contributed by atoms with Gasteiger partial charge in [-0.05, 0) is 41.5 Å². The highest BCUT2D eigenvalue weighted by atomic mass is 19.1. The Kier molecular flexibility index (Phi) is 4.19. The van der Waals surface area contributed by atoms with Crippen LogP contribution in [-0.2, 0) is 0 Å². The highest BCUT2D eigenvalue weighted by molar-refractivity contribution is 5.94. The van der Waals surface area contributed by atoms with Crippen molar-refractivity contribution in [1.82, 2.24) is 15.0 Å². The summed E-state index contributed by atoms with van der Waals surface area (Å²) in [4.78, 5) is 13.0. The van der Waals surface area contributed by atoms with Crippen molar-refractivity contribution in [3.05, 3.63) is 72.3 Å². The summed E-state index contributed by atoms with van der Waals surface area (Å²) >= 11 is 0. The third-order valence-corrected chi connectivity index (χ3v) is 4.27. The lowest BCUT2D eigenvalue weighted by Crippen LogP contribution is -2.01. The van der Waals surface area contributed by atoms with Crippen LogP contribution in [0.15, 0.2) is 60.9 Å². The van der Waals surface area contributed by atoms with Gasteiger partial charge in [-0.25, -0.2) is 14.4 Å². The van der Waals surface area contributed by atoms with Gasteiger partial charge in [-0.15, -0.1) is 0 Å². The molecule has 1 N–H and O–H groups in total. The van der Waals surface area contributed by atoms with E-state index in [-0.39, 0.29) is 5.52 Å². The number of fused-ring (bicyclic) bond motifs is 1. The molecule has 0 fully saturated rings. The molecular formula is C21H14FN5. The third kappa shape index (κ3) is 2.96. The first kappa shape index (κ1) is 16.6. The SMILES string of the molecule is CNc1nc(-c2cccnc2)nc2c(F)cc(-c3ccccc3C#N)cc12. The van der Waals surface area contributed by atoms with E-state index in [0.29, 0.717) is 39.3 Å². The zero-order valence-electron chi connectivity index (χ0n) is 14.4. The molecular weight excluding hydrogens is 341 g/mol. The minimum Gasteiger partial charge on any atom is -0.373 e. The van der Waals surface area contributed by atoms with Crippen LogP contribution in [-0.4, -0.2) is 22.0 Å². The summed E-state index contributed by atoms with van der Waals surface area (Å²) < 4.78 is 15.0. The van der Waals surface area contributed by atoms with Crippen LogP contribution in [0, 0.1) is 17.1 Å². The van der Waals surface area contributed by atoms with Gasteiger partial charge >= 0.3 is 0 Å². The lowest BCUT2D eigenvalue weighted by Gasteiger charge is -2.11. The maximum absolute atomic E-state index is 15.0. The van der Waals surface area contributed by atoms with Crippen LogP contribution in [0.3, 0.4) is 0 Å². The molecule has 0 aliphatic rings. The van der Waals surface area contributed by atoms with Crippen LogP contribution >= 0.6 is 0 Å². The van der Waals surface area contributed by atoms with Gasteiger partial charge in [0.2, 0.25) is 0 Å². The van der Waals surface area contributed by atoms with E-state index < -0.39 is 5.82 Å². The molecule has 4 aromatic rings. The van der Waals surface area contributed by atoms with Crippen LogP contribution in [0.1, 0.15) is 5.56 Å². The fourth-order valence-corrected chi connectivity index (χ4v) is 2.99. The number of halogens is 1. The van der Waals surface area contributed by atoms with Gasteiger partial charge in [0.25, 0.3) is 0 Å². The summed E-state index contributed by atoms with van der Waals surface area (Å²) in [5.41, 5.74) is 2.67. The Bertz CT molecular complexity index is 1180. The molecule has 0 atom stereocenters.